The number of amides is 1. The molecule has 0 spiro atoms. The minimum atomic E-state index is -0.133. The molecule has 4 nitrogen and oxygen atoms in total. The highest BCUT2D eigenvalue weighted by atomic mass is 35.5. The lowest BCUT2D eigenvalue weighted by Gasteiger charge is -2.07. The van der Waals surface area contributed by atoms with Gasteiger partial charge in [-0.05, 0) is 59.7 Å². The minimum absolute atomic E-state index is 0.133. The van der Waals surface area contributed by atoms with Crippen molar-refractivity contribution >= 4 is 57.1 Å². The number of carbonyl (C=O) groups excluding carboxylic acids is 1. The van der Waals surface area contributed by atoms with Crippen LogP contribution in [0, 0.1) is 0 Å². The predicted molar refractivity (Wildman–Crippen MR) is 139 cm³/mol. The Labute approximate surface area is 202 Å². The maximum absolute atomic E-state index is 12.7. The van der Waals surface area contributed by atoms with Gasteiger partial charge in [0.15, 0.2) is 5.17 Å². The van der Waals surface area contributed by atoms with Gasteiger partial charge < -0.3 is 9.88 Å². The number of nitrogens with zero attached hydrogens (tertiary/aromatic N) is 2. The van der Waals surface area contributed by atoms with Crippen molar-refractivity contribution in [2.45, 2.75) is 19.9 Å². The number of rotatable bonds is 5. The average molecular weight is 472 g/mol. The molecular formula is C27H22ClN3OS. The first-order valence-corrected chi connectivity index (χ1v) is 12.0. The third-order valence-corrected chi connectivity index (χ3v) is 6.91. The van der Waals surface area contributed by atoms with Crippen LogP contribution < -0.4 is 5.32 Å². The van der Waals surface area contributed by atoms with E-state index in [1.165, 1.54) is 17.3 Å². The summed E-state index contributed by atoms with van der Waals surface area (Å²) >= 11 is 7.76. The van der Waals surface area contributed by atoms with Crippen LogP contribution in [-0.4, -0.2) is 15.6 Å². The molecule has 1 aliphatic heterocycles. The molecule has 2 heterocycles. The van der Waals surface area contributed by atoms with Gasteiger partial charge in [-0.25, -0.2) is 4.99 Å². The lowest BCUT2D eigenvalue weighted by atomic mass is 10.1. The first-order valence-electron chi connectivity index (χ1n) is 10.8. The number of amidine groups is 1. The Morgan fingerprint density at radius 1 is 1.03 bits per heavy atom. The second-order valence-corrected chi connectivity index (χ2v) is 9.26. The van der Waals surface area contributed by atoms with E-state index in [0.717, 1.165) is 39.2 Å². The molecule has 5 rings (SSSR count). The van der Waals surface area contributed by atoms with Gasteiger partial charge in [0.2, 0.25) is 0 Å². The Balaban J connectivity index is 1.45. The average Bonchev–Trinajstić information content (AvgIpc) is 3.35. The van der Waals surface area contributed by atoms with Gasteiger partial charge in [0.1, 0.15) is 0 Å². The van der Waals surface area contributed by atoms with Crippen LogP contribution in [0.15, 0.2) is 88.9 Å². The van der Waals surface area contributed by atoms with E-state index >= 15 is 0 Å². The molecule has 1 aromatic heterocycles. The van der Waals surface area contributed by atoms with Gasteiger partial charge in [-0.2, -0.15) is 0 Å². The smallest absolute Gasteiger partial charge is 0.264 e. The van der Waals surface area contributed by atoms with Gasteiger partial charge in [-0.15, -0.1) is 0 Å². The molecule has 3 aromatic carbocycles. The summed E-state index contributed by atoms with van der Waals surface area (Å²) in [4.78, 5) is 17.9. The van der Waals surface area contributed by atoms with E-state index in [1.807, 2.05) is 54.6 Å². The summed E-state index contributed by atoms with van der Waals surface area (Å²) in [5.41, 5.74) is 5.22. The number of benzene rings is 3. The molecule has 1 N–H and O–H groups in total. The van der Waals surface area contributed by atoms with Crippen molar-refractivity contribution < 1.29 is 4.79 Å². The van der Waals surface area contributed by atoms with Crippen molar-refractivity contribution in [3.8, 4) is 0 Å². The molecule has 1 aliphatic rings. The molecule has 0 unspecified atom stereocenters. The zero-order valence-electron chi connectivity index (χ0n) is 18.1. The highest BCUT2D eigenvalue weighted by molar-refractivity contribution is 8.18. The monoisotopic (exact) mass is 471 g/mol. The van der Waals surface area contributed by atoms with E-state index in [9.17, 15) is 4.79 Å². The zero-order chi connectivity index (χ0) is 22.8. The summed E-state index contributed by atoms with van der Waals surface area (Å²) < 4.78 is 2.17. The number of nitrogens with one attached hydrogen (secondary N) is 1. The van der Waals surface area contributed by atoms with E-state index < -0.39 is 0 Å². The largest absolute Gasteiger partial charge is 0.342 e. The normalized spacial score (nSPS) is 16.1. The van der Waals surface area contributed by atoms with Crippen LogP contribution in [0.5, 0.6) is 0 Å². The Morgan fingerprint density at radius 3 is 2.58 bits per heavy atom. The molecule has 33 heavy (non-hydrogen) atoms. The number of aryl methyl sites for hydroxylation is 1. The molecule has 0 radical (unpaired) electrons. The van der Waals surface area contributed by atoms with Crippen molar-refractivity contribution in [2.24, 2.45) is 4.99 Å². The molecule has 0 atom stereocenters. The van der Waals surface area contributed by atoms with Crippen molar-refractivity contribution in [3.05, 3.63) is 106 Å². The summed E-state index contributed by atoms with van der Waals surface area (Å²) in [5, 5.41) is 5.31. The van der Waals surface area contributed by atoms with Crippen LogP contribution in [0.3, 0.4) is 0 Å². The summed E-state index contributed by atoms with van der Waals surface area (Å²) in [6.07, 6.45) is 5.00. The fourth-order valence-corrected chi connectivity index (χ4v) is 4.90. The Hall–Kier alpha value is -3.28. The molecule has 1 saturated heterocycles. The minimum Gasteiger partial charge on any atom is -0.342 e. The third-order valence-electron chi connectivity index (χ3n) is 5.63. The second-order valence-electron chi connectivity index (χ2n) is 7.82. The van der Waals surface area contributed by atoms with Gasteiger partial charge in [0, 0.05) is 34.2 Å². The van der Waals surface area contributed by atoms with Crippen molar-refractivity contribution in [1.29, 1.82) is 0 Å². The van der Waals surface area contributed by atoms with Gasteiger partial charge in [0.05, 0.1) is 10.6 Å². The third kappa shape index (κ3) is 4.61. The summed E-state index contributed by atoms with van der Waals surface area (Å²) in [5.74, 6) is -0.133. The van der Waals surface area contributed by atoms with Gasteiger partial charge in [-0.1, -0.05) is 67.1 Å². The standard InChI is InChI=1S/C27H22ClN3OS/c1-2-18-11-13-21(14-12-18)29-27-30-26(32)25(33-27)15-20-17-31(24-10-6-4-8-22(20)24)16-19-7-3-5-9-23(19)28/h3-15,17H,2,16H2,1H3,(H,29,30,32)/b25-15-. The zero-order valence-corrected chi connectivity index (χ0v) is 19.7. The topological polar surface area (TPSA) is 46.4 Å². The SMILES string of the molecule is CCc1ccc(N=C2NC(=O)/C(=C/c3cn(Cc4ccccc4Cl)c4ccccc34)S2)cc1. The lowest BCUT2D eigenvalue weighted by Crippen LogP contribution is -2.19. The number of para-hydroxylation sites is 1. The number of aliphatic imine (C=N–C) groups is 1. The Bertz CT molecular complexity index is 1400. The molecule has 4 aromatic rings. The number of hydrogen-bond donors (Lipinski definition) is 1. The molecule has 0 bridgehead atoms. The van der Waals surface area contributed by atoms with Crippen LogP contribution in [0.2, 0.25) is 5.02 Å². The maximum Gasteiger partial charge on any atom is 0.264 e. The molecule has 0 aliphatic carbocycles. The van der Waals surface area contributed by atoms with Crippen LogP contribution in [0.1, 0.15) is 23.6 Å². The number of aromatic nitrogens is 1. The Morgan fingerprint density at radius 2 is 1.79 bits per heavy atom. The molecular weight excluding hydrogens is 450 g/mol. The van der Waals surface area contributed by atoms with E-state index in [0.29, 0.717) is 16.6 Å². The number of hydrogen-bond acceptors (Lipinski definition) is 3. The molecule has 164 valence electrons. The van der Waals surface area contributed by atoms with Crippen LogP contribution >= 0.6 is 23.4 Å². The van der Waals surface area contributed by atoms with Gasteiger partial charge in [-0.3, -0.25) is 4.79 Å². The molecule has 6 heteroatoms. The van der Waals surface area contributed by atoms with E-state index in [4.69, 9.17) is 11.6 Å². The summed E-state index contributed by atoms with van der Waals surface area (Å²) in [6, 6.07) is 24.1. The highest BCUT2D eigenvalue weighted by Gasteiger charge is 2.24. The highest BCUT2D eigenvalue weighted by Crippen LogP contribution is 2.31. The van der Waals surface area contributed by atoms with Crippen LogP contribution in [0.4, 0.5) is 5.69 Å². The van der Waals surface area contributed by atoms with Crippen LogP contribution in [0.25, 0.3) is 17.0 Å². The fourth-order valence-electron chi connectivity index (χ4n) is 3.88. The summed E-state index contributed by atoms with van der Waals surface area (Å²) in [7, 11) is 0. The number of carbonyl (C=O) groups is 1. The van der Waals surface area contributed by atoms with Gasteiger partial charge in [0.25, 0.3) is 5.91 Å². The lowest BCUT2D eigenvalue weighted by molar-refractivity contribution is -0.115. The van der Waals surface area contributed by atoms with Crippen molar-refractivity contribution in [2.75, 3.05) is 0 Å². The van der Waals surface area contributed by atoms with E-state index in [2.05, 4.69) is 52.3 Å². The molecule has 1 amide bonds. The second kappa shape index (κ2) is 9.30. The van der Waals surface area contributed by atoms with Crippen LogP contribution in [-0.2, 0) is 17.8 Å². The number of fused-ring (bicyclic) bond motifs is 1. The van der Waals surface area contributed by atoms with Crippen molar-refractivity contribution in [3.63, 3.8) is 0 Å². The van der Waals surface area contributed by atoms with Crippen molar-refractivity contribution in [1.82, 2.24) is 9.88 Å². The number of halogens is 1. The predicted octanol–water partition coefficient (Wildman–Crippen LogP) is 6.80. The van der Waals surface area contributed by atoms with Gasteiger partial charge >= 0.3 is 0 Å². The summed E-state index contributed by atoms with van der Waals surface area (Å²) in [6.45, 7) is 2.78. The number of thioether (sulfide) groups is 1. The molecule has 0 saturated carbocycles. The van der Waals surface area contributed by atoms with E-state index in [-0.39, 0.29) is 5.91 Å². The fraction of sp³-hybridized carbons (Fsp3) is 0.111. The Kier molecular flexibility index (Phi) is 6.07. The maximum atomic E-state index is 12.7. The first kappa shape index (κ1) is 21.6. The van der Waals surface area contributed by atoms with E-state index in [1.54, 1.807) is 0 Å². The molecule has 1 fully saturated rings. The first-order chi connectivity index (χ1) is 16.1. The quantitative estimate of drug-likeness (QED) is 0.325.